The third-order valence-electron chi connectivity index (χ3n) is 0.935. The van der Waals surface area contributed by atoms with E-state index in [9.17, 15) is 4.79 Å². The van der Waals surface area contributed by atoms with Crippen molar-refractivity contribution in [1.82, 2.24) is 5.32 Å². The monoisotopic (exact) mass is 131 g/mol. The van der Waals surface area contributed by atoms with Gasteiger partial charge in [-0.25, -0.2) is 0 Å². The van der Waals surface area contributed by atoms with Gasteiger partial charge in [0, 0.05) is 12.5 Å². The zero-order chi connectivity index (χ0) is 7.28. The van der Waals surface area contributed by atoms with Crippen LogP contribution in [-0.4, -0.2) is 24.2 Å². The van der Waals surface area contributed by atoms with Gasteiger partial charge in [-0.2, -0.15) is 0 Å². The van der Waals surface area contributed by atoms with Crippen LogP contribution in [-0.2, 0) is 4.79 Å². The minimum absolute atomic E-state index is 0.0101. The summed E-state index contributed by atoms with van der Waals surface area (Å²) in [5.41, 5.74) is 0. The second kappa shape index (κ2) is 4.32. The van der Waals surface area contributed by atoms with Crippen molar-refractivity contribution in [3.8, 4) is 0 Å². The Kier molecular flexibility index (Phi) is 4.05. The number of hydrogen-bond donors (Lipinski definition) is 2. The van der Waals surface area contributed by atoms with E-state index < -0.39 is 0 Å². The van der Waals surface area contributed by atoms with Gasteiger partial charge in [-0.3, -0.25) is 4.79 Å². The average molecular weight is 131 g/mol. The van der Waals surface area contributed by atoms with Crippen LogP contribution in [0.25, 0.3) is 0 Å². The molecule has 3 nitrogen and oxygen atoms in total. The number of aliphatic hydroxyl groups excluding tert-OH is 1. The third-order valence-corrected chi connectivity index (χ3v) is 0.935. The van der Waals surface area contributed by atoms with Gasteiger partial charge in [0.15, 0.2) is 0 Å². The highest BCUT2D eigenvalue weighted by atomic mass is 16.3. The molecule has 0 aliphatic rings. The van der Waals surface area contributed by atoms with E-state index in [-0.39, 0.29) is 18.4 Å². The molecular weight excluding hydrogens is 118 g/mol. The molecular formula is C6H13NO2. The molecule has 0 unspecified atom stereocenters. The van der Waals surface area contributed by atoms with E-state index in [1.807, 2.05) is 13.8 Å². The number of amides is 1. The van der Waals surface area contributed by atoms with Gasteiger partial charge >= 0.3 is 0 Å². The molecule has 0 heterocycles. The van der Waals surface area contributed by atoms with Crippen molar-refractivity contribution in [2.24, 2.45) is 5.92 Å². The highest BCUT2D eigenvalue weighted by Gasteiger charge is 2.03. The lowest BCUT2D eigenvalue weighted by Gasteiger charge is -2.04. The van der Waals surface area contributed by atoms with Gasteiger partial charge in [0.1, 0.15) is 0 Å². The standard InChI is InChI=1S/C6H13NO2/c1-5(2)6(9)7-3-4-8/h5,8H,3-4H2,1-2H3,(H,7,9). The summed E-state index contributed by atoms with van der Waals surface area (Å²) in [6.45, 7) is 3.99. The van der Waals surface area contributed by atoms with E-state index in [2.05, 4.69) is 5.32 Å². The zero-order valence-corrected chi connectivity index (χ0v) is 5.85. The topological polar surface area (TPSA) is 49.3 Å². The molecule has 0 aromatic heterocycles. The minimum Gasteiger partial charge on any atom is -0.395 e. The average Bonchev–Trinajstić information content (AvgIpc) is 1.82. The maximum absolute atomic E-state index is 10.7. The number of carbonyl (C=O) groups is 1. The zero-order valence-electron chi connectivity index (χ0n) is 5.85. The summed E-state index contributed by atoms with van der Waals surface area (Å²) < 4.78 is 0. The van der Waals surface area contributed by atoms with E-state index in [4.69, 9.17) is 5.11 Å². The third kappa shape index (κ3) is 3.97. The van der Waals surface area contributed by atoms with Crippen LogP contribution >= 0.6 is 0 Å². The lowest BCUT2D eigenvalue weighted by molar-refractivity contribution is -0.124. The Balaban J connectivity index is 3.28. The Morgan fingerprint density at radius 3 is 2.56 bits per heavy atom. The molecule has 0 spiro atoms. The molecule has 0 aliphatic carbocycles. The molecule has 0 fully saturated rings. The molecule has 3 heteroatoms. The van der Waals surface area contributed by atoms with Gasteiger partial charge in [-0.05, 0) is 0 Å². The Hall–Kier alpha value is -0.570. The maximum atomic E-state index is 10.7. The highest BCUT2D eigenvalue weighted by molar-refractivity contribution is 5.77. The van der Waals surface area contributed by atoms with Crippen molar-refractivity contribution in [3.05, 3.63) is 0 Å². The summed E-state index contributed by atoms with van der Waals surface area (Å²) >= 11 is 0. The van der Waals surface area contributed by atoms with E-state index in [1.54, 1.807) is 0 Å². The predicted octanol–water partition coefficient (Wildman–Crippen LogP) is -0.249. The van der Waals surface area contributed by atoms with Crippen LogP contribution in [0.3, 0.4) is 0 Å². The largest absolute Gasteiger partial charge is 0.395 e. The van der Waals surface area contributed by atoms with Crippen LogP contribution in [0.1, 0.15) is 13.8 Å². The minimum atomic E-state index is -0.0101. The molecule has 2 N–H and O–H groups in total. The smallest absolute Gasteiger partial charge is 0.222 e. The maximum Gasteiger partial charge on any atom is 0.222 e. The molecule has 0 rings (SSSR count). The first-order chi connectivity index (χ1) is 4.18. The SMILES string of the molecule is CC(C)C(=O)NCCO. The summed E-state index contributed by atoms with van der Waals surface area (Å²) in [6, 6.07) is 0. The fourth-order valence-corrected chi connectivity index (χ4v) is 0.383. The molecule has 0 aliphatic heterocycles. The second-order valence-electron chi connectivity index (χ2n) is 2.17. The van der Waals surface area contributed by atoms with Gasteiger partial charge in [-0.15, -0.1) is 0 Å². The molecule has 0 aromatic carbocycles. The summed E-state index contributed by atoms with van der Waals surface area (Å²) in [6.07, 6.45) is 0. The van der Waals surface area contributed by atoms with Gasteiger partial charge in [0.05, 0.1) is 6.61 Å². The lowest BCUT2D eigenvalue weighted by atomic mass is 10.2. The molecule has 0 saturated heterocycles. The van der Waals surface area contributed by atoms with E-state index in [0.717, 1.165) is 0 Å². The summed E-state index contributed by atoms with van der Waals surface area (Å²) in [5.74, 6) is 0.000556. The normalized spacial score (nSPS) is 9.78. The molecule has 0 saturated carbocycles. The van der Waals surface area contributed by atoms with Crippen LogP contribution < -0.4 is 5.32 Å². The second-order valence-corrected chi connectivity index (χ2v) is 2.17. The Morgan fingerprint density at radius 2 is 2.22 bits per heavy atom. The van der Waals surface area contributed by atoms with Gasteiger partial charge in [0.2, 0.25) is 5.91 Å². The fraction of sp³-hybridized carbons (Fsp3) is 0.833. The number of rotatable bonds is 3. The molecule has 0 bridgehead atoms. The summed E-state index contributed by atoms with van der Waals surface area (Å²) in [5, 5.41) is 10.8. The van der Waals surface area contributed by atoms with Crippen LogP contribution in [0.4, 0.5) is 0 Å². The highest BCUT2D eigenvalue weighted by Crippen LogP contribution is 1.88. The lowest BCUT2D eigenvalue weighted by Crippen LogP contribution is -2.29. The Bertz CT molecular complexity index is 91.1. The fourth-order valence-electron chi connectivity index (χ4n) is 0.383. The molecule has 0 atom stereocenters. The van der Waals surface area contributed by atoms with Gasteiger partial charge in [0.25, 0.3) is 0 Å². The van der Waals surface area contributed by atoms with Crippen LogP contribution in [0, 0.1) is 5.92 Å². The number of aliphatic hydroxyl groups is 1. The number of hydrogen-bond acceptors (Lipinski definition) is 2. The van der Waals surface area contributed by atoms with Gasteiger partial charge < -0.3 is 10.4 Å². The van der Waals surface area contributed by atoms with Crippen molar-refractivity contribution >= 4 is 5.91 Å². The Morgan fingerprint density at radius 1 is 1.67 bits per heavy atom. The van der Waals surface area contributed by atoms with E-state index in [0.29, 0.717) is 6.54 Å². The van der Waals surface area contributed by atoms with Crippen molar-refractivity contribution in [3.63, 3.8) is 0 Å². The molecule has 0 aromatic rings. The van der Waals surface area contributed by atoms with E-state index in [1.165, 1.54) is 0 Å². The first-order valence-corrected chi connectivity index (χ1v) is 3.07. The first-order valence-electron chi connectivity index (χ1n) is 3.07. The molecule has 9 heavy (non-hydrogen) atoms. The predicted molar refractivity (Wildman–Crippen MR) is 34.9 cm³/mol. The Labute approximate surface area is 55.1 Å². The van der Waals surface area contributed by atoms with Crippen molar-refractivity contribution in [1.29, 1.82) is 0 Å². The molecule has 54 valence electrons. The number of nitrogens with one attached hydrogen (secondary N) is 1. The van der Waals surface area contributed by atoms with Crippen molar-refractivity contribution < 1.29 is 9.90 Å². The van der Waals surface area contributed by atoms with Crippen LogP contribution in [0.5, 0.6) is 0 Å². The van der Waals surface area contributed by atoms with Crippen molar-refractivity contribution in [2.45, 2.75) is 13.8 Å². The quantitative estimate of drug-likeness (QED) is 0.555. The molecule has 0 radical (unpaired) electrons. The number of carbonyl (C=O) groups excluding carboxylic acids is 1. The first kappa shape index (κ1) is 8.43. The van der Waals surface area contributed by atoms with Crippen LogP contribution in [0.2, 0.25) is 0 Å². The van der Waals surface area contributed by atoms with Gasteiger partial charge in [-0.1, -0.05) is 13.8 Å². The summed E-state index contributed by atoms with van der Waals surface area (Å²) in [4.78, 5) is 10.7. The molecule has 1 amide bonds. The van der Waals surface area contributed by atoms with Crippen LogP contribution in [0.15, 0.2) is 0 Å². The summed E-state index contributed by atoms with van der Waals surface area (Å²) in [7, 11) is 0. The van der Waals surface area contributed by atoms with Crippen molar-refractivity contribution in [2.75, 3.05) is 13.2 Å². The van der Waals surface area contributed by atoms with E-state index >= 15 is 0 Å².